The van der Waals surface area contributed by atoms with E-state index in [4.69, 9.17) is 0 Å². The molecule has 1 fully saturated rings. The van der Waals surface area contributed by atoms with Crippen LogP contribution in [0.4, 0.5) is 18.9 Å². The van der Waals surface area contributed by atoms with Crippen LogP contribution in [-0.2, 0) is 25.6 Å². The number of anilines is 1. The summed E-state index contributed by atoms with van der Waals surface area (Å²) in [4.78, 5) is 5.72. The van der Waals surface area contributed by atoms with Crippen molar-refractivity contribution in [2.24, 2.45) is 0 Å². The Kier molecular flexibility index (Phi) is 9.16. The topological polar surface area (TPSA) is 111 Å². The number of thiophene rings is 1. The Labute approximate surface area is 242 Å². The van der Waals surface area contributed by atoms with Crippen LogP contribution in [-0.4, -0.2) is 80.5 Å². The maximum absolute atomic E-state index is 13.6. The Balaban J connectivity index is 1.70. The molecule has 2 atom stereocenters. The lowest BCUT2D eigenvalue weighted by molar-refractivity contribution is -0.258. The fraction of sp³-hybridized carbons (Fsp3) is 0.423. The molecule has 1 unspecified atom stereocenters. The lowest BCUT2D eigenvalue weighted by Crippen LogP contribution is -2.58. The number of pyridine rings is 1. The number of benzene rings is 1. The van der Waals surface area contributed by atoms with Crippen molar-refractivity contribution in [3.63, 3.8) is 0 Å². The second-order valence-corrected chi connectivity index (χ2v) is 14.9. The number of alkyl halides is 3. The van der Waals surface area contributed by atoms with Crippen LogP contribution < -0.4 is 4.90 Å². The van der Waals surface area contributed by atoms with Gasteiger partial charge in [-0.25, -0.2) is 16.8 Å². The van der Waals surface area contributed by atoms with E-state index in [1.807, 2.05) is 6.92 Å². The molecule has 2 aromatic heterocycles. The standard InChI is InChI=1S/C26H31F3N4O5S3/c1-3-13-31(40(35,36)23-6-4-12-30-17-23)18-22-19-32(41(37,38)24-7-5-16-39-24)14-15-33(22)21-10-8-20(9-11-21)25(2,34)26(27,28)29/h4-12,16-17,22,34H,3,13-15,18-19H2,1-2H3/t22-,25?/m1/s1. The van der Waals surface area contributed by atoms with Gasteiger partial charge in [0, 0.05) is 50.8 Å². The summed E-state index contributed by atoms with van der Waals surface area (Å²) in [5.41, 5.74) is -2.94. The molecular weight excluding hydrogens is 602 g/mol. The molecule has 3 heterocycles. The first kappa shape index (κ1) is 31.4. The average Bonchev–Trinajstić information content (AvgIpc) is 3.49. The van der Waals surface area contributed by atoms with Crippen LogP contribution in [0.15, 0.2) is 75.4 Å². The molecule has 0 amide bonds. The molecule has 0 bridgehead atoms. The van der Waals surface area contributed by atoms with E-state index < -0.39 is 37.9 Å². The number of rotatable bonds is 10. The molecule has 1 saturated heterocycles. The molecule has 0 radical (unpaired) electrons. The van der Waals surface area contributed by atoms with Gasteiger partial charge in [0.25, 0.3) is 10.0 Å². The lowest BCUT2D eigenvalue weighted by atomic mass is 9.95. The van der Waals surface area contributed by atoms with Crippen molar-refractivity contribution < 1.29 is 35.1 Å². The van der Waals surface area contributed by atoms with E-state index in [2.05, 4.69) is 4.98 Å². The smallest absolute Gasteiger partial charge is 0.376 e. The fourth-order valence-electron chi connectivity index (χ4n) is 4.66. The minimum absolute atomic E-state index is 0.00222. The highest BCUT2D eigenvalue weighted by molar-refractivity contribution is 7.91. The summed E-state index contributed by atoms with van der Waals surface area (Å²) in [6.07, 6.45) is -1.70. The minimum atomic E-state index is -4.89. The molecule has 1 aliphatic heterocycles. The molecule has 1 aromatic carbocycles. The molecule has 41 heavy (non-hydrogen) atoms. The summed E-state index contributed by atoms with van der Waals surface area (Å²) >= 11 is 1.08. The first-order chi connectivity index (χ1) is 19.2. The zero-order valence-corrected chi connectivity index (χ0v) is 24.8. The van der Waals surface area contributed by atoms with E-state index in [0.717, 1.165) is 11.3 Å². The van der Waals surface area contributed by atoms with Gasteiger partial charge in [0.2, 0.25) is 10.0 Å². The van der Waals surface area contributed by atoms with Crippen molar-refractivity contribution in [2.75, 3.05) is 37.6 Å². The number of piperazine rings is 1. The highest BCUT2D eigenvalue weighted by atomic mass is 32.2. The SMILES string of the molecule is CCCN(C[C@@H]1CN(S(=O)(=O)c2cccs2)CCN1c1ccc(C(C)(O)C(F)(F)F)cc1)S(=O)(=O)c1cccnc1. The number of nitrogens with zero attached hydrogens (tertiary/aromatic N) is 4. The summed E-state index contributed by atoms with van der Waals surface area (Å²) < 4.78 is 96.7. The molecular formula is C26H31F3N4O5S3. The van der Waals surface area contributed by atoms with Crippen molar-refractivity contribution >= 4 is 37.1 Å². The van der Waals surface area contributed by atoms with Crippen LogP contribution in [0.5, 0.6) is 0 Å². The Morgan fingerprint density at radius 3 is 2.34 bits per heavy atom. The maximum atomic E-state index is 13.6. The second kappa shape index (κ2) is 12.0. The molecule has 15 heteroatoms. The zero-order chi connectivity index (χ0) is 30.1. The first-order valence-electron chi connectivity index (χ1n) is 12.8. The van der Waals surface area contributed by atoms with Crippen LogP contribution in [0.25, 0.3) is 0 Å². The lowest BCUT2D eigenvalue weighted by Gasteiger charge is -2.43. The van der Waals surface area contributed by atoms with Gasteiger partial charge < -0.3 is 10.0 Å². The van der Waals surface area contributed by atoms with Crippen LogP contribution in [0.1, 0.15) is 25.8 Å². The Hall–Kier alpha value is -2.56. The largest absolute Gasteiger partial charge is 0.421 e. The molecule has 0 spiro atoms. The van der Waals surface area contributed by atoms with Crippen LogP contribution in [0, 0.1) is 0 Å². The normalized spacial score (nSPS) is 18.9. The van der Waals surface area contributed by atoms with E-state index in [1.165, 1.54) is 63.5 Å². The van der Waals surface area contributed by atoms with Gasteiger partial charge in [0.15, 0.2) is 5.60 Å². The molecule has 4 rings (SSSR count). The van der Waals surface area contributed by atoms with E-state index in [0.29, 0.717) is 19.0 Å². The number of aromatic nitrogens is 1. The van der Waals surface area contributed by atoms with Gasteiger partial charge in [-0.05, 0) is 54.6 Å². The van der Waals surface area contributed by atoms with E-state index >= 15 is 0 Å². The number of hydrogen-bond donors (Lipinski definition) is 1. The molecule has 3 aromatic rings. The second-order valence-electron chi connectivity index (χ2n) is 9.81. The molecule has 1 N–H and O–H groups in total. The van der Waals surface area contributed by atoms with Gasteiger partial charge in [-0.15, -0.1) is 11.3 Å². The predicted molar refractivity (Wildman–Crippen MR) is 150 cm³/mol. The third-order valence-electron chi connectivity index (χ3n) is 7.01. The zero-order valence-electron chi connectivity index (χ0n) is 22.4. The van der Waals surface area contributed by atoms with Gasteiger partial charge in [0.1, 0.15) is 9.10 Å². The molecule has 0 aliphatic carbocycles. The van der Waals surface area contributed by atoms with Gasteiger partial charge >= 0.3 is 6.18 Å². The highest BCUT2D eigenvalue weighted by Crippen LogP contribution is 2.39. The Morgan fingerprint density at radius 1 is 1.07 bits per heavy atom. The Morgan fingerprint density at radius 2 is 1.78 bits per heavy atom. The van der Waals surface area contributed by atoms with Crippen molar-refractivity contribution in [1.82, 2.24) is 13.6 Å². The van der Waals surface area contributed by atoms with Crippen LogP contribution >= 0.6 is 11.3 Å². The third-order valence-corrected chi connectivity index (χ3v) is 12.1. The van der Waals surface area contributed by atoms with Gasteiger partial charge in [-0.1, -0.05) is 25.1 Å². The summed E-state index contributed by atoms with van der Waals surface area (Å²) in [6.45, 7) is 2.77. The molecule has 0 saturated carbocycles. The summed E-state index contributed by atoms with van der Waals surface area (Å²) in [6, 6.07) is 10.6. The van der Waals surface area contributed by atoms with Gasteiger partial charge in [-0.3, -0.25) is 4.98 Å². The third kappa shape index (κ3) is 6.44. The van der Waals surface area contributed by atoms with Crippen molar-refractivity contribution in [3.05, 3.63) is 71.9 Å². The summed E-state index contributed by atoms with van der Waals surface area (Å²) in [7, 11) is -7.83. The quantitative estimate of drug-likeness (QED) is 0.361. The van der Waals surface area contributed by atoms with Crippen molar-refractivity contribution in [3.8, 4) is 0 Å². The number of sulfonamides is 2. The summed E-state index contributed by atoms with van der Waals surface area (Å²) in [5.74, 6) is 0. The summed E-state index contributed by atoms with van der Waals surface area (Å²) in [5, 5.41) is 11.7. The average molecular weight is 633 g/mol. The number of aliphatic hydroxyl groups is 1. The van der Waals surface area contributed by atoms with Crippen LogP contribution in [0.2, 0.25) is 0 Å². The maximum Gasteiger partial charge on any atom is 0.421 e. The number of hydrogen-bond acceptors (Lipinski definition) is 8. The van der Waals surface area contributed by atoms with Crippen LogP contribution in [0.3, 0.4) is 0 Å². The monoisotopic (exact) mass is 632 g/mol. The van der Waals surface area contributed by atoms with Crippen molar-refractivity contribution in [2.45, 2.75) is 47.2 Å². The van der Waals surface area contributed by atoms with Crippen molar-refractivity contribution in [1.29, 1.82) is 0 Å². The number of halogens is 3. The van der Waals surface area contributed by atoms with Gasteiger partial charge in [0.05, 0.1) is 6.04 Å². The van der Waals surface area contributed by atoms with E-state index in [-0.39, 0.29) is 47.4 Å². The fourth-order valence-corrected chi connectivity index (χ4v) is 8.81. The molecule has 1 aliphatic rings. The van der Waals surface area contributed by atoms with Gasteiger partial charge in [-0.2, -0.15) is 21.8 Å². The molecule has 224 valence electrons. The van der Waals surface area contributed by atoms with E-state index in [9.17, 15) is 35.1 Å². The molecule has 9 nitrogen and oxygen atoms in total. The minimum Gasteiger partial charge on any atom is -0.376 e. The first-order valence-corrected chi connectivity index (χ1v) is 16.6. The van der Waals surface area contributed by atoms with E-state index in [1.54, 1.807) is 16.3 Å². The Bertz CT molecular complexity index is 1520. The predicted octanol–water partition coefficient (Wildman–Crippen LogP) is 3.89. The highest BCUT2D eigenvalue weighted by Gasteiger charge is 2.51.